The zero-order valence-corrected chi connectivity index (χ0v) is 12.2. The Morgan fingerprint density at radius 3 is 2.57 bits per heavy atom. The Balaban J connectivity index is 1.76. The highest BCUT2D eigenvalue weighted by Crippen LogP contribution is 2.28. The van der Waals surface area contributed by atoms with Crippen molar-refractivity contribution in [3.8, 4) is 0 Å². The highest BCUT2D eigenvalue weighted by Gasteiger charge is 2.38. The number of carboxylic acids is 1. The van der Waals surface area contributed by atoms with Crippen LogP contribution in [0.3, 0.4) is 0 Å². The Morgan fingerprint density at radius 1 is 1.33 bits per heavy atom. The predicted octanol–water partition coefficient (Wildman–Crippen LogP) is 1.71. The van der Waals surface area contributed by atoms with E-state index in [1.807, 2.05) is 30.3 Å². The lowest BCUT2D eigenvalue weighted by Gasteiger charge is -2.26. The van der Waals surface area contributed by atoms with Crippen molar-refractivity contribution in [3.63, 3.8) is 0 Å². The van der Waals surface area contributed by atoms with Crippen molar-refractivity contribution in [1.29, 1.82) is 0 Å². The fourth-order valence-electron chi connectivity index (χ4n) is 2.28. The summed E-state index contributed by atoms with van der Waals surface area (Å²) in [7, 11) is 0. The van der Waals surface area contributed by atoms with E-state index in [2.05, 4.69) is 0 Å². The Bertz CT molecular complexity index is 484. The molecular formula is C16H21NO4. The standard InChI is InChI=1S/C16H21NO4/c1-12(16(19)20)17(14-7-8-14)15(18)11-21-10-9-13-5-3-2-4-6-13/h2-6,12,14H,7-11H2,1H3,(H,19,20). The molecule has 0 spiro atoms. The van der Waals surface area contributed by atoms with Gasteiger partial charge in [-0.1, -0.05) is 30.3 Å². The molecule has 1 saturated carbocycles. The molecule has 0 heterocycles. The first-order chi connectivity index (χ1) is 10.1. The topological polar surface area (TPSA) is 66.8 Å². The van der Waals surface area contributed by atoms with Gasteiger partial charge in [0.1, 0.15) is 12.6 Å². The molecule has 1 amide bonds. The van der Waals surface area contributed by atoms with Crippen LogP contribution < -0.4 is 0 Å². The third-order valence-electron chi connectivity index (χ3n) is 3.61. The van der Waals surface area contributed by atoms with Crippen molar-refractivity contribution < 1.29 is 19.4 Å². The highest BCUT2D eigenvalue weighted by molar-refractivity contribution is 5.84. The van der Waals surface area contributed by atoms with Gasteiger partial charge in [0, 0.05) is 6.04 Å². The Kier molecular flexibility index (Phi) is 5.33. The second kappa shape index (κ2) is 7.22. The number of hydrogen-bond donors (Lipinski definition) is 1. The first-order valence-electron chi connectivity index (χ1n) is 7.25. The molecular weight excluding hydrogens is 270 g/mol. The van der Waals surface area contributed by atoms with Crippen molar-refractivity contribution in [2.45, 2.75) is 38.3 Å². The largest absolute Gasteiger partial charge is 0.480 e. The lowest BCUT2D eigenvalue weighted by atomic mass is 10.2. The predicted molar refractivity (Wildman–Crippen MR) is 77.9 cm³/mol. The molecule has 0 aliphatic heterocycles. The molecule has 5 heteroatoms. The smallest absolute Gasteiger partial charge is 0.326 e. The molecule has 1 fully saturated rings. The molecule has 1 aromatic rings. The molecule has 1 aliphatic rings. The van der Waals surface area contributed by atoms with Crippen molar-refractivity contribution in [2.75, 3.05) is 13.2 Å². The molecule has 0 bridgehead atoms. The van der Waals surface area contributed by atoms with Gasteiger partial charge in [-0.2, -0.15) is 0 Å². The lowest BCUT2D eigenvalue weighted by Crippen LogP contribution is -2.46. The third kappa shape index (κ3) is 4.56. The molecule has 2 rings (SSSR count). The van der Waals surface area contributed by atoms with Crippen LogP contribution in [0.25, 0.3) is 0 Å². The van der Waals surface area contributed by atoms with Crippen LogP contribution in [0, 0.1) is 0 Å². The molecule has 1 N–H and O–H groups in total. The molecule has 1 aromatic carbocycles. The maximum absolute atomic E-state index is 12.1. The zero-order chi connectivity index (χ0) is 15.2. The molecule has 21 heavy (non-hydrogen) atoms. The quantitative estimate of drug-likeness (QED) is 0.740. The third-order valence-corrected chi connectivity index (χ3v) is 3.61. The molecule has 5 nitrogen and oxygen atoms in total. The number of amides is 1. The number of nitrogens with zero attached hydrogens (tertiary/aromatic N) is 1. The van der Waals surface area contributed by atoms with E-state index in [0.29, 0.717) is 6.61 Å². The van der Waals surface area contributed by atoms with Gasteiger partial charge in [-0.25, -0.2) is 4.79 Å². The summed E-state index contributed by atoms with van der Waals surface area (Å²) in [5.74, 6) is -1.21. The van der Waals surface area contributed by atoms with Crippen LogP contribution in [0.15, 0.2) is 30.3 Å². The second-order valence-corrected chi connectivity index (χ2v) is 5.33. The van der Waals surface area contributed by atoms with Crippen LogP contribution in [0.5, 0.6) is 0 Å². The summed E-state index contributed by atoms with van der Waals surface area (Å²) < 4.78 is 5.40. The fraction of sp³-hybridized carbons (Fsp3) is 0.500. The molecule has 1 unspecified atom stereocenters. The maximum Gasteiger partial charge on any atom is 0.326 e. The molecule has 0 aromatic heterocycles. The molecule has 1 atom stereocenters. The fourth-order valence-corrected chi connectivity index (χ4v) is 2.28. The monoisotopic (exact) mass is 291 g/mol. The maximum atomic E-state index is 12.1. The number of rotatable bonds is 8. The molecule has 114 valence electrons. The summed E-state index contributed by atoms with van der Waals surface area (Å²) in [5.41, 5.74) is 1.16. The summed E-state index contributed by atoms with van der Waals surface area (Å²) >= 11 is 0. The van der Waals surface area contributed by atoms with Gasteiger partial charge in [0.2, 0.25) is 5.91 Å². The van der Waals surface area contributed by atoms with Gasteiger partial charge in [-0.3, -0.25) is 4.79 Å². The number of aliphatic carboxylic acids is 1. The van der Waals surface area contributed by atoms with E-state index in [1.54, 1.807) is 6.92 Å². The minimum absolute atomic E-state index is 0.0546. The van der Waals surface area contributed by atoms with E-state index in [9.17, 15) is 9.59 Å². The van der Waals surface area contributed by atoms with E-state index in [-0.39, 0.29) is 18.6 Å². The molecule has 0 radical (unpaired) electrons. The van der Waals surface area contributed by atoms with E-state index in [4.69, 9.17) is 9.84 Å². The van der Waals surface area contributed by atoms with Crippen molar-refractivity contribution >= 4 is 11.9 Å². The summed E-state index contributed by atoms with van der Waals surface area (Å²) in [6.45, 7) is 1.94. The Labute approximate surface area is 124 Å². The summed E-state index contributed by atoms with van der Waals surface area (Å²) in [5, 5.41) is 9.06. The highest BCUT2D eigenvalue weighted by atomic mass is 16.5. The van der Waals surface area contributed by atoms with Crippen molar-refractivity contribution in [3.05, 3.63) is 35.9 Å². The van der Waals surface area contributed by atoms with E-state index >= 15 is 0 Å². The number of ether oxygens (including phenoxy) is 1. The lowest BCUT2D eigenvalue weighted by molar-refractivity contribution is -0.152. The van der Waals surface area contributed by atoms with Gasteiger partial charge in [0.15, 0.2) is 0 Å². The summed E-state index contributed by atoms with van der Waals surface area (Å²) in [6.07, 6.45) is 2.51. The second-order valence-electron chi connectivity index (χ2n) is 5.33. The van der Waals surface area contributed by atoms with E-state index < -0.39 is 12.0 Å². The number of carboxylic acid groups (broad SMARTS) is 1. The minimum atomic E-state index is -0.973. The SMILES string of the molecule is CC(C(=O)O)N(C(=O)COCCc1ccccc1)C1CC1. The van der Waals surface area contributed by atoms with Crippen LogP contribution in [0.2, 0.25) is 0 Å². The van der Waals surface area contributed by atoms with Crippen LogP contribution >= 0.6 is 0 Å². The molecule has 0 saturated heterocycles. The average molecular weight is 291 g/mol. The van der Waals surface area contributed by atoms with Gasteiger partial charge >= 0.3 is 5.97 Å². The van der Waals surface area contributed by atoms with Crippen LogP contribution in [-0.4, -0.2) is 47.2 Å². The van der Waals surface area contributed by atoms with Gasteiger partial charge < -0.3 is 14.7 Å². The number of carbonyl (C=O) groups excluding carboxylic acids is 1. The van der Waals surface area contributed by atoms with Crippen LogP contribution in [-0.2, 0) is 20.7 Å². The normalized spacial score (nSPS) is 15.5. The first kappa shape index (κ1) is 15.5. The summed E-state index contributed by atoms with van der Waals surface area (Å²) in [6, 6.07) is 9.18. The van der Waals surface area contributed by atoms with Gasteiger partial charge in [-0.15, -0.1) is 0 Å². The van der Waals surface area contributed by atoms with Crippen molar-refractivity contribution in [1.82, 2.24) is 4.90 Å². The van der Waals surface area contributed by atoms with Crippen molar-refractivity contribution in [2.24, 2.45) is 0 Å². The Morgan fingerprint density at radius 2 is 2.00 bits per heavy atom. The van der Waals surface area contributed by atoms with Gasteiger partial charge in [0.05, 0.1) is 6.61 Å². The number of benzene rings is 1. The van der Waals surface area contributed by atoms with Gasteiger partial charge in [0.25, 0.3) is 0 Å². The van der Waals surface area contributed by atoms with E-state index in [0.717, 1.165) is 24.8 Å². The molecule has 1 aliphatic carbocycles. The average Bonchev–Trinajstić information content (AvgIpc) is 3.29. The number of carbonyl (C=O) groups is 2. The van der Waals surface area contributed by atoms with Gasteiger partial charge in [-0.05, 0) is 31.7 Å². The first-order valence-corrected chi connectivity index (χ1v) is 7.25. The zero-order valence-electron chi connectivity index (χ0n) is 12.2. The van der Waals surface area contributed by atoms with E-state index in [1.165, 1.54) is 4.90 Å². The summed E-state index contributed by atoms with van der Waals surface area (Å²) in [4.78, 5) is 24.6. The minimum Gasteiger partial charge on any atom is -0.480 e. The van der Waals surface area contributed by atoms with Crippen LogP contribution in [0.1, 0.15) is 25.3 Å². The van der Waals surface area contributed by atoms with Crippen LogP contribution in [0.4, 0.5) is 0 Å². The number of hydrogen-bond acceptors (Lipinski definition) is 3. The Hall–Kier alpha value is -1.88.